The summed E-state index contributed by atoms with van der Waals surface area (Å²) in [6, 6.07) is -0.827. The fraction of sp³-hybridized carbons (Fsp3) is 0.857. The van der Waals surface area contributed by atoms with Crippen molar-refractivity contribution in [3.05, 3.63) is 0 Å². The molecule has 12 heavy (non-hydrogen) atoms. The number of carbonyl (C=O) groups excluding carboxylic acids is 1. The zero-order valence-electron chi connectivity index (χ0n) is 7.19. The monoisotopic (exact) mass is 177 g/mol. The predicted octanol–water partition coefficient (Wildman–Crippen LogP) is -2.12. The van der Waals surface area contributed by atoms with E-state index >= 15 is 0 Å². The number of nitrogens with one attached hydrogen (secondary N) is 1. The largest absolute Gasteiger partial charge is 0.393 e. The number of aliphatic hydroxyl groups excluding tert-OH is 3. The standard InChI is InChI=1S/C7H15NO4/c1-4(10)6(8-2)7(12)5(11)3-9/h4-6,8-11H,3H2,1-2H3/t4-,5+,6+/m1/s1. The Morgan fingerprint density at radius 2 is 2.00 bits per heavy atom. The summed E-state index contributed by atoms with van der Waals surface area (Å²) in [5, 5.41) is 29.0. The topological polar surface area (TPSA) is 89.8 Å². The molecule has 0 amide bonds. The van der Waals surface area contributed by atoms with E-state index in [-0.39, 0.29) is 0 Å². The Bertz CT molecular complexity index is 148. The number of hydrogen-bond acceptors (Lipinski definition) is 5. The molecule has 0 aliphatic heterocycles. The molecule has 0 aliphatic carbocycles. The molecule has 0 heterocycles. The molecule has 3 atom stereocenters. The van der Waals surface area contributed by atoms with E-state index in [1.165, 1.54) is 14.0 Å². The second-order valence-electron chi connectivity index (χ2n) is 2.61. The zero-order chi connectivity index (χ0) is 9.72. The van der Waals surface area contributed by atoms with Crippen molar-refractivity contribution in [1.82, 2.24) is 5.32 Å². The smallest absolute Gasteiger partial charge is 0.183 e. The van der Waals surface area contributed by atoms with Crippen molar-refractivity contribution in [2.75, 3.05) is 13.7 Å². The third kappa shape index (κ3) is 2.86. The minimum absolute atomic E-state index is 0.602. The molecule has 0 unspecified atom stereocenters. The summed E-state index contributed by atoms with van der Waals surface area (Å²) in [5.41, 5.74) is 0. The van der Waals surface area contributed by atoms with E-state index in [0.717, 1.165) is 0 Å². The van der Waals surface area contributed by atoms with Crippen LogP contribution in [0.4, 0.5) is 0 Å². The Balaban J connectivity index is 4.21. The highest BCUT2D eigenvalue weighted by Gasteiger charge is 2.26. The number of hydrogen-bond donors (Lipinski definition) is 4. The third-order valence-electron chi connectivity index (χ3n) is 1.60. The SMILES string of the molecule is CN[C@H](C(=O)[C@@H](O)CO)[C@@H](C)O. The van der Waals surface area contributed by atoms with Crippen molar-refractivity contribution in [1.29, 1.82) is 0 Å². The van der Waals surface area contributed by atoms with Crippen molar-refractivity contribution in [3.8, 4) is 0 Å². The average molecular weight is 177 g/mol. The lowest BCUT2D eigenvalue weighted by atomic mass is 10.0. The van der Waals surface area contributed by atoms with Crippen LogP contribution >= 0.6 is 0 Å². The first-order valence-corrected chi connectivity index (χ1v) is 3.72. The van der Waals surface area contributed by atoms with Crippen molar-refractivity contribution >= 4 is 5.78 Å². The molecule has 0 aliphatic rings. The molecule has 0 fully saturated rings. The van der Waals surface area contributed by atoms with Gasteiger partial charge in [-0.25, -0.2) is 0 Å². The summed E-state index contributed by atoms with van der Waals surface area (Å²) in [5.74, 6) is -0.602. The van der Waals surface area contributed by atoms with Crippen LogP contribution in [0.5, 0.6) is 0 Å². The van der Waals surface area contributed by atoms with Crippen molar-refractivity contribution in [2.24, 2.45) is 0 Å². The van der Waals surface area contributed by atoms with Crippen LogP contribution in [0.15, 0.2) is 0 Å². The van der Waals surface area contributed by atoms with Gasteiger partial charge in [0.25, 0.3) is 0 Å². The molecule has 5 heteroatoms. The van der Waals surface area contributed by atoms with Crippen LogP contribution in [-0.2, 0) is 4.79 Å². The van der Waals surface area contributed by atoms with Crippen LogP contribution in [0, 0.1) is 0 Å². The van der Waals surface area contributed by atoms with Crippen LogP contribution < -0.4 is 5.32 Å². The minimum atomic E-state index is -1.42. The molecule has 5 nitrogen and oxygen atoms in total. The number of Topliss-reactive ketones (excluding diaryl/α,β-unsaturated/α-hetero) is 1. The van der Waals surface area contributed by atoms with Crippen LogP contribution in [0.3, 0.4) is 0 Å². The quantitative estimate of drug-likeness (QED) is 0.385. The van der Waals surface area contributed by atoms with Gasteiger partial charge in [0, 0.05) is 0 Å². The Kier molecular flexibility index (Phi) is 5.00. The Morgan fingerprint density at radius 3 is 2.25 bits per heavy atom. The lowest BCUT2D eigenvalue weighted by Crippen LogP contribution is -2.48. The molecule has 0 rings (SSSR count). The Labute approximate surface area is 71.0 Å². The minimum Gasteiger partial charge on any atom is -0.393 e. The number of aliphatic hydroxyl groups is 3. The van der Waals surface area contributed by atoms with Gasteiger partial charge < -0.3 is 20.6 Å². The van der Waals surface area contributed by atoms with Gasteiger partial charge in [-0.05, 0) is 14.0 Å². The van der Waals surface area contributed by atoms with Crippen LogP contribution in [0.1, 0.15) is 6.92 Å². The van der Waals surface area contributed by atoms with Gasteiger partial charge in [0.15, 0.2) is 5.78 Å². The normalized spacial score (nSPS) is 18.4. The maximum absolute atomic E-state index is 11.1. The summed E-state index contributed by atoms with van der Waals surface area (Å²) < 4.78 is 0. The first kappa shape index (κ1) is 11.5. The van der Waals surface area contributed by atoms with E-state index in [1.54, 1.807) is 0 Å². The van der Waals surface area contributed by atoms with Crippen LogP contribution in [0.25, 0.3) is 0 Å². The molecule has 0 spiro atoms. The molecule has 0 saturated heterocycles. The van der Waals surface area contributed by atoms with Gasteiger partial charge in [-0.2, -0.15) is 0 Å². The molecule has 0 radical (unpaired) electrons. The van der Waals surface area contributed by atoms with Crippen molar-refractivity contribution in [2.45, 2.75) is 25.2 Å². The fourth-order valence-corrected chi connectivity index (χ4v) is 0.918. The summed E-state index contributed by atoms with van der Waals surface area (Å²) in [7, 11) is 1.50. The molecule has 0 saturated carbocycles. The fourth-order valence-electron chi connectivity index (χ4n) is 0.918. The molecular formula is C7H15NO4. The molecule has 4 N–H and O–H groups in total. The van der Waals surface area contributed by atoms with E-state index < -0.39 is 30.6 Å². The van der Waals surface area contributed by atoms with Gasteiger partial charge in [0.2, 0.25) is 0 Å². The Hall–Kier alpha value is -0.490. The molecule has 0 aromatic rings. The number of rotatable bonds is 5. The number of ketones is 1. The maximum atomic E-state index is 11.1. The van der Waals surface area contributed by atoms with Crippen LogP contribution in [0.2, 0.25) is 0 Å². The van der Waals surface area contributed by atoms with Crippen molar-refractivity contribution in [3.63, 3.8) is 0 Å². The predicted molar refractivity (Wildman–Crippen MR) is 42.6 cm³/mol. The van der Waals surface area contributed by atoms with Crippen LogP contribution in [-0.4, -0.2) is 53.0 Å². The van der Waals surface area contributed by atoms with Gasteiger partial charge in [0.05, 0.1) is 18.8 Å². The van der Waals surface area contributed by atoms with E-state index in [1.807, 2.05) is 0 Å². The molecular weight excluding hydrogens is 162 g/mol. The summed E-state index contributed by atoms with van der Waals surface area (Å²) in [4.78, 5) is 11.1. The highest BCUT2D eigenvalue weighted by molar-refractivity contribution is 5.88. The number of carbonyl (C=O) groups is 1. The summed E-state index contributed by atoms with van der Waals surface area (Å²) >= 11 is 0. The lowest BCUT2D eigenvalue weighted by molar-refractivity contribution is -0.133. The van der Waals surface area contributed by atoms with Gasteiger partial charge in [0.1, 0.15) is 6.10 Å². The van der Waals surface area contributed by atoms with Crippen molar-refractivity contribution < 1.29 is 20.1 Å². The first-order valence-electron chi connectivity index (χ1n) is 3.72. The second-order valence-corrected chi connectivity index (χ2v) is 2.61. The van der Waals surface area contributed by atoms with E-state index in [4.69, 9.17) is 15.3 Å². The third-order valence-corrected chi connectivity index (χ3v) is 1.60. The molecule has 0 aromatic carbocycles. The van der Waals surface area contributed by atoms with Gasteiger partial charge in [-0.3, -0.25) is 4.79 Å². The highest BCUT2D eigenvalue weighted by atomic mass is 16.3. The highest BCUT2D eigenvalue weighted by Crippen LogP contribution is 1.97. The van der Waals surface area contributed by atoms with Gasteiger partial charge in [-0.15, -0.1) is 0 Å². The summed E-state index contributed by atoms with van der Waals surface area (Å²) in [6.45, 7) is 0.812. The number of likely N-dealkylation sites (N-methyl/N-ethyl adjacent to an activating group) is 1. The van der Waals surface area contributed by atoms with E-state index in [9.17, 15) is 4.79 Å². The molecule has 0 bridgehead atoms. The summed E-state index contributed by atoms with van der Waals surface area (Å²) in [6.07, 6.45) is -2.30. The first-order chi connectivity index (χ1) is 5.54. The molecule has 0 aromatic heterocycles. The lowest BCUT2D eigenvalue weighted by Gasteiger charge is -2.19. The van der Waals surface area contributed by atoms with Gasteiger partial charge >= 0.3 is 0 Å². The maximum Gasteiger partial charge on any atom is 0.183 e. The van der Waals surface area contributed by atoms with E-state index in [0.29, 0.717) is 0 Å². The zero-order valence-corrected chi connectivity index (χ0v) is 7.19. The second kappa shape index (κ2) is 5.21. The van der Waals surface area contributed by atoms with E-state index in [2.05, 4.69) is 5.32 Å². The molecule has 72 valence electrons. The Morgan fingerprint density at radius 1 is 1.50 bits per heavy atom. The van der Waals surface area contributed by atoms with Gasteiger partial charge in [-0.1, -0.05) is 0 Å². The average Bonchev–Trinajstić information content (AvgIpc) is 2.03.